The predicted molar refractivity (Wildman–Crippen MR) is 68.0 cm³/mol. The molecular formula is C13H10N2O2S. The van der Waals surface area contributed by atoms with Crippen molar-refractivity contribution >= 4 is 20.7 Å². The number of pyridine rings is 1. The monoisotopic (exact) mass is 258 g/mol. The lowest BCUT2D eigenvalue weighted by atomic mass is 10.3. The van der Waals surface area contributed by atoms with Gasteiger partial charge in [0.1, 0.15) is 5.03 Å². The smallest absolute Gasteiger partial charge is 0.221 e. The molecule has 0 bridgehead atoms. The van der Waals surface area contributed by atoms with Gasteiger partial charge in [-0.05, 0) is 24.3 Å². The lowest BCUT2D eigenvalue weighted by molar-refractivity contribution is 0.593. The average molecular weight is 258 g/mol. The Morgan fingerprint density at radius 2 is 1.83 bits per heavy atom. The molecule has 0 radical (unpaired) electrons. The topological polar surface area (TPSA) is 62.8 Å². The molecule has 5 heteroatoms. The van der Waals surface area contributed by atoms with Crippen molar-refractivity contribution in [1.82, 2.24) is 9.97 Å². The molecule has 0 aliphatic rings. The molecule has 1 aromatic carbocycles. The summed E-state index contributed by atoms with van der Waals surface area (Å²) in [6.07, 6.45) is 3.26. The number of benzene rings is 1. The van der Waals surface area contributed by atoms with Gasteiger partial charge in [-0.3, -0.25) is 4.98 Å². The summed E-state index contributed by atoms with van der Waals surface area (Å²) in [6.45, 7) is 0. The summed E-state index contributed by atoms with van der Waals surface area (Å²) >= 11 is 0. The minimum Gasteiger partial charge on any atom is -0.345 e. The second-order valence-corrected chi connectivity index (χ2v) is 5.83. The summed E-state index contributed by atoms with van der Waals surface area (Å²) in [7, 11) is -3.48. The van der Waals surface area contributed by atoms with E-state index in [1.807, 2.05) is 0 Å². The Kier molecular flexibility index (Phi) is 2.41. The molecule has 90 valence electrons. The van der Waals surface area contributed by atoms with Crippen molar-refractivity contribution in [2.45, 2.75) is 9.92 Å². The third kappa shape index (κ3) is 1.69. The minimum absolute atomic E-state index is 0.191. The Hall–Kier alpha value is -2.14. The molecule has 0 saturated carbocycles. The molecule has 0 atom stereocenters. The molecule has 18 heavy (non-hydrogen) atoms. The standard InChI is InChI=1S/C13H10N2O2S/c16-18(17,11-4-2-1-3-5-11)13-8-10-9-14-7-6-12(10)15-13/h1-9,15H. The first-order chi connectivity index (χ1) is 8.68. The first-order valence-electron chi connectivity index (χ1n) is 5.41. The molecule has 0 spiro atoms. The maximum atomic E-state index is 12.4. The average Bonchev–Trinajstić information content (AvgIpc) is 2.84. The van der Waals surface area contributed by atoms with E-state index >= 15 is 0 Å². The highest BCUT2D eigenvalue weighted by Crippen LogP contribution is 2.23. The van der Waals surface area contributed by atoms with Crippen LogP contribution in [0.5, 0.6) is 0 Å². The second-order valence-electron chi connectivity index (χ2n) is 3.91. The largest absolute Gasteiger partial charge is 0.345 e. The molecule has 3 aromatic rings. The van der Waals surface area contributed by atoms with Crippen LogP contribution in [0.2, 0.25) is 0 Å². The zero-order valence-corrected chi connectivity index (χ0v) is 10.2. The normalized spacial score (nSPS) is 11.8. The van der Waals surface area contributed by atoms with Gasteiger partial charge in [-0.1, -0.05) is 18.2 Å². The van der Waals surface area contributed by atoms with Gasteiger partial charge in [0, 0.05) is 23.3 Å². The molecule has 0 aliphatic heterocycles. The molecule has 3 rings (SSSR count). The van der Waals surface area contributed by atoms with Crippen LogP contribution in [-0.4, -0.2) is 18.4 Å². The summed E-state index contributed by atoms with van der Waals surface area (Å²) in [6, 6.07) is 11.7. The first-order valence-corrected chi connectivity index (χ1v) is 6.89. The van der Waals surface area contributed by atoms with Gasteiger partial charge >= 0.3 is 0 Å². The number of aromatic amines is 1. The van der Waals surface area contributed by atoms with Crippen LogP contribution >= 0.6 is 0 Å². The van der Waals surface area contributed by atoms with E-state index in [1.54, 1.807) is 54.9 Å². The van der Waals surface area contributed by atoms with Crippen LogP contribution < -0.4 is 0 Å². The highest BCUT2D eigenvalue weighted by atomic mass is 32.2. The highest BCUT2D eigenvalue weighted by Gasteiger charge is 2.19. The van der Waals surface area contributed by atoms with E-state index in [4.69, 9.17) is 0 Å². The van der Waals surface area contributed by atoms with Gasteiger partial charge in [-0.2, -0.15) is 0 Å². The summed E-state index contributed by atoms with van der Waals surface area (Å²) < 4.78 is 24.7. The number of fused-ring (bicyclic) bond motifs is 1. The van der Waals surface area contributed by atoms with Crippen molar-refractivity contribution in [2.75, 3.05) is 0 Å². The lowest BCUT2D eigenvalue weighted by Crippen LogP contribution is -2.01. The number of nitrogens with one attached hydrogen (secondary N) is 1. The highest BCUT2D eigenvalue weighted by molar-refractivity contribution is 7.91. The van der Waals surface area contributed by atoms with E-state index in [0.29, 0.717) is 0 Å². The molecular weight excluding hydrogens is 248 g/mol. The number of hydrogen-bond donors (Lipinski definition) is 1. The van der Waals surface area contributed by atoms with Crippen LogP contribution in [0.15, 0.2) is 64.8 Å². The van der Waals surface area contributed by atoms with Gasteiger partial charge in [-0.25, -0.2) is 8.42 Å². The number of rotatable bonds is 2. The third-order valence-corrected chi connectivity index (χ3v) is 4.43. The van der Waals surface area contributed by atoms with Gasteiger partial charge in [0.25, 0.3) is 0 Å². The number of nitrogens with zero attached hydrogens (tertiary/aromatic N) is 1. The summed E-state index contributed by atoms with van der Waals surface area (Å²) in [5, 5.41) is 0.976. The van der Waals surface area contributed by atoms with E-state index in [1.165, 1.54) is 0 Å². The van der Waals surface area contributed by atoms with E-state index in [0.717, 1.165) is 10.9 Å². The van der Waals surface area contributed by atoms with Gasteiger partial charge in [0.15, 0.2) is 0 Å². The molecule has 4 nitrogen and oxygen atoms in total. The Morgan fingerprint density at radius 1 is 1.06 bits per heavy atom. The van der Waals surface area contributed by atoms with Crippen LogP contribution in [0, 0.1) is 0 Å². The van der Waals surface area contributed by atoms with Crippen LogP contribution in [0.1, 0.15) is 0 Å². The molecule has 2 aromatic heterocycles. The zero-order chi connectivity index (χ0) is 12.6. The number of hydrogen-bond acceptors (Lipinski definition) is 3. The fourth-order valence-corrected chi connectivity index (χ4v) is 3.11. The van der Waals surface area contributed by atoms with Gasteiger partial charge in [0.2, 0.25) is 9.84 Å². The van der Waals surface area contributed by atoms with Crippen molar-refractivity contribution in [3.63, 3.8) is 0 Å². The second kappa shape index (κ2) is 3.96. The maximum Gasteiger partial charge on any atom is 0.221 e. The lowest BCUT2D eigenvalue weighted by Gasteiger charge is -2.00. The third-order valence-electron chi connectivity index (χ3n) is 2.74. The minimum atomic E-state index is -3.48. The molecule has 0 fully saturated rings. The Balaban J connectivity index is 2.20. The molecule has 2 heterocycles. The van der Waals surface area contributed by atoms with Crippen molar-refractivity contribution < 1.29 is 8.42 Å². The molecule has 0 saturated heterocycles. The molecule has 0 aliphatic carbocycles. The molecule has 0 unspecified atom stereocenters. The molecule has 1 N–H and O–H groups in total. The number of aromatic nitrogens is 2. The Labute approximate surface area is 104 Å². The predicted octanol–water partition coefficient (Wildman–Crippen LogP) is 2.40. The van der Waals surface area contributed by atoms with Crippen molar-refractivity contribution in [3.05, 3.63) is 54.9 Å². The fourth-order valence-electron chi connectivity index (χ4n) is 1.82. The summed E-state index contributed by atoms with van der Waals surface area (Å²) in [4.78, 5) is 7.15. The number of sulfone groups is 1. The number of H-pyrrole nitrogens is 1. The summed E-state index contributed by atoms with van der Waals surface area (Å²) in [5.41, 5.74) is 0.763. The summed E-state index contributed by atoms with van der Waals surface area (Å²) in [5.74, 6) is 0. The Bertz CT molecular complexity index is 759. The van der Waals surface area contributed by atoms with Gasteiger partial charge < -0.3 is 4.98 Å². The van der Waals surface area contributed by atoms with E-state index in [-0.39, 0.29) is 9.92 Å². The zero-order valence-electron chi connectivity index (χ0n) is 9.37. The fraction of sp³-hybridized carbons (Fsp3) is 0. The van der Waals surface area contributed by atoms with E-state index in [2.05, 4.69) is 9.97 Å². The van der Waals surface area contributed by atoms with Crippen molar-refractivity contribution in [2.24, 2.45) is 0 Å². The van der Waals surface area contributed by atoms with E-state index < -0.39 is 9.84 Å². The Morgan fingerprint density at radius 3 is 2.56 bits per heavy atom. The van der Waals surface area contributed by atoms with Crippen molar-refractivity contribution in [3.8, 4) is 0 Å². The van der Waals surface area contributed by atoms with Crippen LogP contribution in [-0.2, 0) is 9.84 Å². The van der Waals surface area contributed by atoms with Crippen LogP contribution in [0.3, 0.4) is 0 Å². The van der Waals surface area contributed by atoms with Gasteiger partial charge in [-0.15, -0.1) is 0 Å². The SMILES string of the molecule is O=S(=O)(c1ccccc1)c1cc2cnccc2[nH]1. The quantitative estimate of drug-likeness (QED) is 0.767. The van der Waals surface area contributed by atoms with Crippen LogP contribution in [0.4, 0.5) is 0 Å². The molecule has 0 amide bonds. The van der Waals surface area contributed by atoms with Crippen LogP contribution in [0.25, 0.3) is 10.9 Å². The maximum absolute atomic E-state index is 12.4. The first kappa shape index (κ1) is 11.0. The van der Waals surface area contributed by atoms with Gasteiger partial charge in [0.05, 0.1) is 4.90 Å². The van der Waals surface area contributed by atoms with E-state index in [9.17, 15) is 8.42 Å². The van der Waals surface area contributed by atoms with Crippen molar-refractivity contribution in [1.29, 1.82) is 0 Å².